The Labute approximate surface area is 47.7 Å². The monoisotopic (exact) mass is 124 g/mol. The van der Waals surface area contributed by atoms with Crippen molar-refractivity contribution < 1.29 is 10.2 Å². The number of rotatable bonds is 3. The van der Waals surface area contributed by atoms with Crippen molar-refractivity contribution in [2.24, 2.45) is 0 Å². The average Bonchev–Trinajstić information content (AvgIpc) is 1.68. The van der Waals surface area contributed by atoms with Crippen LogP contribution in [0.3, 0.4) is 0 Å². The maximum atomic E-state index is 8.52. The average molecular weight is 125 g/mol. The Bertz CT molecular complexity index is 40.7. The molecule has 0 rings (SSSR count). The molecule has 1 atom stereocenters. The fourth-order valence-electron chi connectivity index (χ4n) is 0.217. The van der Waals surface area contributed by atoms with E-state index < -0.39 is 6.10 Å². The van der Waals surface area contributed by atoms with Gasteiger partial charge < -0.3 is 10.2 Å². The van der Waals surface area contributed by atoms with E-state index in [1.807, 2.05) is 0 Å². The molecule has 7 heavy (non-hydrogen) atoms. The molecular weight excluding hydrogens is 115 g/mol. The van der Waals surface area contributed by atoms with E-state index >= 15 is 0 Å². The van der Waals surface area contributed by atoms with Crippen molar-refractivity contribution in [3.63, 3.8) is 0 Å². The molecule has 0 saturated carbocycles. The van der Waals surface area contributed by atoms with Crippen LogP contribution in [-0.2, 0) is 0 Å². The predicted molar refractivity (Wildman–Crippen MR) is 28.4 cm³/mol. The summed E-state index contributed by atoms with van der Waals surface area (Å²) in [5, 5.41) is 16.7. The molecule has 0 amide bonds. The van der Waals surface area contributed by atoms with Gasteiger partial charge in [-0.3, -0.25) is 0 Å². The molecule has 0 heterocycles. The Kier molecular flexibility index (Phi) is 4.50. The lowest BCUT2D eigenvalue weighted by Crippen LogP contribution is -2.11. The Hall–Kier alpha value is 0.210. The molecule has 0 aliphatic rings. The van der Waals surface area contributed by atoms with E-state index in [0.29, 0.717) is 12.3 Å². The first kappa shape index (κ1) is 7.21. The minimum Gasteiger partial charge on any atom is -0.394 e. The predicted octanol–water partition coefficient (Wildman–Crippen LogP) is -0.0315. The summed E-state index contributed by atoms with van der Waals surface area (Å²) in [6.45, 7) is -0.188. The van der Waals surface area contributed by atoms with E-state index in [2.05, 4.69) is 0 Å². The lowest BCUT2D eigenvalue weighted by Gasteiger charge is -2.00. The molecule has 0 saturated heterocycles. The van der Waals surface area contributed by atoms with Crippen LogP contribution < -0.4 is 0 Å². The lowest BCUT2D eigenvalue weighted by atomic mass is 10.3. The fraction of sp³-hybridized carbons (Fsp3) is 1.00. The van der Waals surface area contributed by atoms with Gasteiger partial charge >= 0.3 is 0 Å². The standard InChI is InChI=1S/C4H9ClO2/c5-2-1-4(7)3-6/h4,6-7H,1-3H2/t4-/m1/s1. The Morgan fingerprint density at radius 1 is 1.57 bits per heavy atom. The van der Waals surface area contributed by atoms with Gasteiger partial charge in [-0.15, -0.1) is 11.6 Å². The Morgan fingerprint density at radius 3 is 2.29 bits per heavy atom. The van der Waals surface area contributed by atoms with E-state index in [0.717, 1.165) is 0 Å². The second kappa shape index (κ2) is 4.37. The molecule has 0 radical (unpaired) electrons. The van der Waals surface area contributed by atoms with Gasteiger partial charge in [-0.05, 0) is 6.42 Å². The molecule has 44 valence electrons. The van der Waals surface area contributed by atoms with Gasteiger partial charge in [0.1, 0.15) is 0 Å². The van der Waals surface area contributed by atoms with Gasteiger partial charge in [-0.1, -0.05) is 0 Å². The molecule has 0 fully saturated rings. The number of halogens is 1. The van der Waals surface area contributed by atoms with Gasteiger partial charge in [0, 0.05) is 5.88 Å². The molecule has 0 aliphatic heterocycles. The summed E-state index contributed by atoms with van der Waals surface area (Å²) in [6, 6.07) is 0. The van der Waals surface area contributed by atoms with Crippen LogP contribution in [0.4, 0.5) is 0 Å². The minimum absolute atomic E-state index is 0.188. The summed E-state index contributed by atoms with van der Waals surface area (Å²) in [5.41, 5.74) is 0. The van der Waals surface area contributed by atoms with Gasteiger partial charge in [0.2, 0.25) is 0 Å². The normalized spacial score (nSPS) is 14.1. The van der Waals surface area contributed by atoms with Gasteiger partial charge in [0.25, 0.3) is 0 Å². The molecule has 0 spiro atoms. The zero-order valence-electron chi connectivity index (χ0n) is 3.97. The van der Waals surface area contributed by atoms with Crippen LogP contribution in [0.15, 0.2) is 0 Å². The molecule has 0 aromatic heterocycles. The molecule has 3 heteroatoms. The summed E-state index contributed by atoms with van der Waals surface area (Å²) in [7, 11) is 0. The number of alkyl halides is 1. The maximum Gasteiger partial charge on any atom is 0.0782 e. The highest BCUT2D eigenvalue weighted by molar-refractivity contribution is 6.17. The third kappa shape index (κ3) is 4.05. The SMILES string of the molecule is OC[C@H](O)CCCl. The van der Waals surface area contributed by atoms with Crippen molar-refractivity contribution in [2.75, 3.05) is 12.5 Å². The van der Waals surface area contributed by atoms with Crippen LogP contribution in [0.5, 0.6) is 0 Å². The number of hydrogen-bond donors (Lipinski definition) is 2. The van der Waals surface area contributed by atoms with Gasteiger partial charge in [0.15, 0.2) is 0 Å². The second-order valence-electron chi connectivity index (χ2n) is 1.31. The number of aliphatic hydroxyl groups excluding tert-OH is 2. The van der Waals surface area contributed by atoms with Crippen molar-refractivity contribution in [1.29, 1.82) is 0 Å². The van der Waals surface area contributed by atoms with Gasteiger partial charge in [-0.2, -0.15) is 0 Å². The highest BCUT2D eigenvalue weighted by Crippen LogP contribution is 1.90. The summed E-state index contributed by atoms with van der Waals surface area (Å²) in [5.74, 6) is 0.404. The molecular formula is C4H9ClO2. The molecule has 0 aromatic rings. The van der Waals surface area contributed by atoms with E-state index in [1.165, 1.54) is 0 Å². The molecule has 2 nitrogen and oxygen atoms in total. The summed E-state index contributed by atoms with van der Waals surface area (Å²) in [4.78, 5) is 0. The second-order valence-corrected chi connectivity index (χ2v) is 1.69. The van der Waals surface area contributed by atoms with Gasteiger partial charge in [-0.25, -0.2) is 0 Å². The zero-order chi connectivity index (χ0) is 5.70. The lowest BCUT2D eigenvalue weighted by molar-refractivity contribution is 0.0930. The van der Waals surface area contributed by atoms with Crippen LogP contribution in [0.25, 0.3) is 0 Å². The molecule has 0 unspecified atom stereocenters. The van der Waals surface area contributed by atoms with Crippen LogP contribution in [0.2, 0.25) is 0 Å². The third-order valence-electron chi connectivity index (χ3n) is 0.653. The smallest absolute Gasteiger partial charge is 0.0782 e. The van der Waals surface area contributed by atoms with Gasteiger partial charge in [0.05, 0.1) is 12.7 Å². The summed E-state index contributed by atoms with van der Waals surface area (Å²) >= 11 is 5.20. The van der Waals surface area contributed by atoms with Crippen molar-refractivity contribution in [1.82, 2.24) is 0 Å². The van der Waals surface area contributed by atoms with Crippen LogP contribution in [0, 0.1) is 0 Å². The fourth-order valence-corrected chi connectivity index (χ4v) is 0.469. The zero-order valence-corrected chi connectivity index (χ0v) is 4.73. The highest BCUT2D eigenvalue weighted by atomic mass is 35.5. The molecule has 2 N–H and O–H groups in total. The van der Waals surface area contributed by atoms with E-state index in [4.69, 9.17) is 21.8 Å². The topological polar surface area (TPSA) is 40.5 Å². The first-order valence-corrected chi connectivity index (χ1v) is 2.69. The number of aliphatic hydroxyl groups is 2. The highest BCUT2D eigenvalue weighted by Gasteiger charge is 1.96. The Morgan fingerprint density at radius 2 is 2.14 bits per heavy atom. The van der Waals surface area contributed by atoms with Crippen LogP contribution in [-0.4, -0.2) is 28.8 Å². The molecule has 0 aliphatic carbocycles. The quantitative estimate of drug-likeness (QED) is 0.519. The minimum atomic E-state index is -0.627. The van der Waals surface area contributed by atoms with Crippen molar-refractivity contribution in [3.8, 4) is 0 Å². The summed E-state index contributed by atoms with van der Waals surface area (Å²) < 4.78 is 0. The van der Waals surface area contributed by atoms with Crippen molar-refractivity contribution >= 4 is 11.6 Å². The third-order valence-corrected chi connectivity index (χ3v) is 0.871. The Balaban J connectivity index is 2.83. The van der Waals surface area contributed by atoms with Crippen molar-refractivity contribution in [2.45, 2.75) is 12.5 Å². The molecule has 0 aromatic carbocycles. The van der Waals surface area contributed by atoms with Crippen LogP contribution >= 0.6 is 11.6 Å². The van der Waals surface area contributed by atoms with Crippen LogP contribution in [0.1, 0.15) is 6.42 Å². The van der Waals surface area contributed by atoms with Crippen molar-refractivity contribution in [3.05, 3.63) is 0 Å². The molecule has 0 bridgehead atoms. The summed E-state index contributed by atoms with van der Waals surface area (Å²) in [6.07, 6.45) is -0.157. The maximum absolute atomic E-state index is 8.52. The van der Waals surface area contributed by atoms with E-state index in [9.17, 15) is 0 Å². The first-order chi connectivity index (χ1) is 3.31. The number of hydrogen-bond acceptors (Lipinski definition) is 2. The first-order valence-electron chi connectivity index (χ1n) is 2.16. The largest absolute Gasteiger partial charge is 0.394 e. The van der Waals surface area contributed by atoms with E-state index in [-0.39, 0.29) is 6.61 Å². The van der Waals surface area contributed by atoms with E-state index in [1.54, 1.807) is 0 Å².